The SMILES string of the molecule is COc1ccc(NC(=S)Nc2cccc[nH+]2)c(OC)c1. The lowest BCUT2D eigenvalue weighted by molar-refractivity contribution is -0.360. The van der Waals surface area contributed by atoms with E-state index < -0.39 is 0 Å². The molecule has 1 heterocycles. The molecule has 6 heteroatoms. The Labute approximate surface area is 122 Å². The van der Waals surface area contributed by atoms with Crippen LogP contribution in [0.3, 0.4) is 0 Å². The summed E-state index contributed by atoms with van der Waals surface area (Å²) in [6, 6.07) is 11.2. The molecule has 0 fully saturated rings. The van der Waals surface area contributed by atoms with Gasteiger partial charge in [0.25, 0.3) is 10.9 Å². The third-order valence-corrected chi connectivity index (χ3v) is 2.82. The zero-order valence-electron chi connectivity index (χ0n) is 11.3. The van der Waals surface area contributed by atoms with Crippen LogP contribution in [-0.2, 0) is 0 Å². The summed E-state index contributed by atoms with van der Waals surface area (Å²) in [7, 11) is 3.21. The van der Waals surface area contributed by atoms with Crippen LogP contribution >= 0.6 is 12.2 Å². The third-order valence-electron chi connectivity index (χ3n) is 2.61. The molecule has 0 amide bonds. The number of benzene rings is 1. The van der Waals surface area contributed by atoms with E-state index in [4.69, 9.17) is 21.7 Å². The number of ether oxygens (including phenoxy) is 2. The van der Waals surface area contributed by atoms with Crippen LogP contribution in [0.5, 0.6) is 11.5 Å². The van der Waals surface area contributed by atoms with Crippen LogP contribution in [0, 0.1) is 0 Å². The molecule has 1 aromatic heterocycles. The minimum absolute atomic E-state index is 0.468. The summed E-state index contributed by atoms with van der Waals surface area (Å²) < 4.78 is 10.5. The first-order chi connectivity index (χ1) is 9.72. The zero-order chi connectivity index (χ0) is 14.4. The number of thiocarbonyl (C=S) groups is 1. The molecule has 0 unspecified atom stereocenters. The van der Waals surface area contributed by atoms with E-state index in [9.17, 15) is 0 Å². The molecule has 0 saturated carbocycles. The smallest absolute Gasteiger partial charge is 0.279 e. The molecule has 2 rings (SSSR count). The molecule has 0 spiro atoms. The molecule has 3 N–H and O–H groups in total. The van der Waals surface area contributed by atoms with Crippen molar-refractivity contribution in [3.05, 3.63) is 42.6 Å². The van der Waals surface area contributed by atoms with Crippen molar-refractivity contribution in [1.82, 2.24) is 0 Å². The highest BCUT2D eigenvalue weighted by Crippen LogP contribution is 2.28. The summed E-state index contributed by atoms with van der Waals surface area (Å²) >= 11 is 5.26. The van der Waals surface area contributed by atoms with E-state index in [1.807, 2.05) is 36.5 Å². The van der Waals surface area contributed by atoms with Crippen molar-refractivity contribution in [2.24, 2.45) is 0 Å². The monoisotopic (exact) mass is 290 g/mol. The number of nitrogens with one attached hydrogen (secondary N) is 3. The molecule has 20 heavy (non-hydrogen) atoms. The van der Waals surface area contributed by atoms with Crippen LogP contribution in [0.25, 0.3) is 0 Å². The number of anilines is 2. The Balaban J connectivity index is 2.07. The Kier molecular flexibility index (Phi) is 4.73. The average Bonchev–Trinajstić information content (AvgIpc) is 2.48. The highest BCUT2D eigenvalue weighted by molar-refractivity contribution is 7.80. The second-order valence-corrected chi connectivity index (χ2v) is 4.33. The van der Waals surface area contributed by atoms with Crippen molar-refractivity contribution in [2.75, 3.05) is 24.9 Å². The zero-order valence-corrected chi connectivity index (χ0v) is 12.1. The van der Waals surface area contributed by atoms with Gasteiger partial charge in [0.2, 0.25) is 0 Å². The van der Waals surface area contributed by atoms with Crippen molar-refractivity contribution in [1.29, 1.82) is 0 Å². The number of pyridine rings is 1. The third kappa shape index (κ3) is 3.58. The van der Waals surface area contributed by atoms with Gasteiger partial charge in [0, 0.05) is 12.1 Å². The summed E-state index contributed by atoms with van der Waals surface area (Å²) in [6.07, 6.45) is 1.82. The fraction of sp³-hybridized carbons (Fsp3) is 0.143. The first-order valence-corrected chi connectivity index (χ1v) is 6.40. The Morgan fingerprint density at radius 3 is 2.60 bits per heavy atom. The van der Waals surface area contributed by atoms with Crippen molar-refractivity contribution in [3.63, 3.8) is 0 Å². The molecule has 0 aliphatic carbocycles. The molecular weight excluding hydrogens is 274 g/mol. The lowest BCUT2D eigenvalue weighted by Gasteiger charge is -2.11. The van der Waals surface area contributed by atoms with E-state index in [0.717, 1.165) is 17.3 Å². The summed E-state index contributed by atoms with van der Waals surface area (Å²) in [4.78, 5) is 3.04. The lowest BCUT2D eigenvalue weighted by atomic mass is 10.2. The van der Waals surface area contributed by atoms with Crippen LogP contribution in [0.15, 0.2) is 42.6 Å². The van der Waals surface area contributed by atoms with E-state index in [0.29, 0.717) is 10.9 Å². The Bertz CT molecular complexity index is 590. The van der Waals surface area contributed by atoms with Crippen LogP contribution in [0.4, 0.5) is 11.5 Å². The maximum atomic E-state index is 5.30. The standard InChI is InChI=1S/C14H15N3O2S/c1-18-10-6-7-11(12(9-10)19-2)16-14(20)17-13-5-3-4-8-15-13/h3-9H,1-2H3,(H2,15,16,17,20)/p+1. The Morgan fingerprint density at radius 2 is 1.95 bits per heavy atom. The fourth-order valence-electron chi connectivity index (χ4n) is 1.65. The van der Waals surface area contributed by atoms with Gasteiger partial charge in [-0.2, -0.15) is 0 Å². The van der Waals surface area contributed by atoms with E-state index in [2.05, 4.69) is 15.6 Å². The molecule has 0 atom stereocenters. The molecule has 2 aromatic rings. The lowest BCUT2D eigenvalue weighted by Crippen LogP contribution is -2.23. The largest absolute Gasteiger partial charge is 0.497 e. The van der Waals surface area contributed by atoms with Gasteiger partial charge in [-0.25, -0.2) is 10.3 Å². The van der Waals surface area contributed by atoms with Crippen molar-refractivity contribution < 1.29 is 14.5 Å². The van der Waals surface area contributed by atoms with Gasteiger partial charge in [-0.05, 0) is 30.4 Å². The van der Waals surface area contributed by atoms with Gasteiger partial charge in [-0.15, -0.1) is 0 Å². The first kappa shape index (κ1) is 14.1. The molecule has 0 aliphatic heterocycles. The van der Waals surface area contributed by atoms with Crippen molar-refractivity contribution in [2.45, 2.75) is 0 Å². The van der Waals surface area contributed by atoms with Gasteiger partial charge in [0.05, 0.1) is 26.1 Å². The summed E-state index contributed by atoms with van der Waals surface area (Å²) in [5.74, 6) is 2.19. The number of aromatic amines is 1. The van der Waals surface area contributed by atoms with Crippen LogP contribution < -0.4 is 25.1 Å². The van der Waals surface area contributed by atoms with Crippen molar-refractivity contribution >= 4 is 28.8 Å². The quantitative estimate of drug-likeness (QED) is 0.846. The topological polar surface area (TPSA) is 56.7 Å². The predicted molar refractivity (Wildman–Crippen MR) is 82.4 cm³/mol. The maximum absolute atomic E-state index is 5.30. The van der Waals surface area contributed by atoms with Crippen molar-refractivity contribution in [3.8, 4) is 11.5 Å². The second-order valence-electron chi connectivity index (χ2n) is 3.92. The maximum Gasteiger partial charge on any atom is 0.279 e. The number of methoxy groups -OCH3 is 2. The van der Waals surface area contributed by atoms with Crippen LogP contribution in [-0.4, -0.2) is 19.3 Å². The number of hydrogen-bond acceptors (Lipinski definition) is 3. The van der Waals surface area contributed by atoms with Crippen LogP contribution in [0.2, 0.25) is 0 Å². The molecule has 0 bridgehead atoms. The summed E-state index contributed by atoms with van der Waals surface area (Å²) in [6.45, 7) is 0. The first-order valence-electron chi connectivity index (χ1n) is 5.99. The van der Waals surface area contributed by atoms with Crippen LogP contribution in [0.1, 0.15) is 0 Å². The predicted octanol–water partition coefficient (Wildman–Crippen LogP) is 2.33. The molecule has 0 saturated heterocycles. The normalized spacial score (nSPS) is 9.70. The number of H-pyrrole nitrogens is 1. The molecule has 104 valence electrons. The number of rotatable bonds is 4. The highest BCUT2D eigenvalue weighted by atomic mass is 32.1. The second kappa shape index (κ2) is 6.72. The average molecular weight is 290 g/mol. The fourth-order valence-corrected chi connectivity index (χ4v) is 1.87. The molecule has 0 aliphatic rings. The number of hydrogen-bond donors (Lipinski definition) is 2. The Morgan fingerprint density at radius 1 is 1.10 bits per heavy atom. The van der Waals surface area contributed by atoms with Gasteiger partial charge in [0.15, 0.2) is 0 Å². The molecule has 1 aromatic carbocycles. The van der Waals surface area contributed by atoms with Gasteiger partial charge in [0.1, 0.15) is 11.5 Å². The van der Waals surface area contributed by atoms with Gasteiger partial charge >= 0.3 is 0 Å². The van der Waals surface area contributed by atoms with Gasteiger partial charge in [-0.3, -0.25) is 0 Å². The van der Waals surface area contributed by atoms with Gasteiger partial charge in [-0.1, -0.05) is 6.07 Å². The number of aromatic nitrogens is 1. The van der Waals surface area contributed by atoms with E-state index in [1.165, 1.54) is 0 Å². The van der Waals surface area contributed by atoms with Gasteiger partial charge < -0.3 is 14.8 Å². The summed E-state index contributed by atoms with van der Waals surface area (Å²) in [5.41, 5.74) is 0.765. The molecular formula is C14H16N3O2S+. The minimum Gasteiger partial charge on any atom is -0.497 e. The summed E-state index contributed by atoms with van der Waals surface area (Å²) in [5, 5.41) is 6.60. The van der Waals surface area contributed by atoms with E-state index >= 15 is 0 Å². The van der Waals surface area contributed by atoms with E-state index in [1.54, 1.807) is 20.3 Å². The highest BCUT2D eigenvalue weighted by Gasteiger charge is 2.10. The minimum atomic E-state index is 0.468. The molecule has 5 nitrogen and oxygen atoms in total. The van der Waals surface area contributed by atoms with E-state index in [-0.39, 0.29) is 0 Å². The molecule has 0 radical (unpaired) electrons. The Hall–Kier alpha value is -2.34.